The van der Waals surface area contributed by atoms with Gasteiger partial charge in [-0.2, -0.15) is 4.98 Å². The van der Waals surface area contributed by atoms with E-state index in [1.807, 2.05) is 0 Å². The summed E-state index contributed by atoms with van der Waals surface area (Å²) in [4.78, 5) is 17.2. The van der Waals surface area contributed by atoms with Crippen LogP contribution in [-0.4, -0.2) is 26.9 Å². The predicted octanol–water partition coefficient (Wildman–Crippen LogP) is 3.76. The smallest absolute Gasteiger partial charge is 0.268 e. The van der Waals surface area contributed by atoms with Gasteiger partial charge in [-0.1, -0.05) is 23.4 Å². The van der Waals surface area contributed by atoms with Gasteiger partial charge < -0.3 is 18.9 Å². The fraction of sp³-hybridized carbons (Fsp3) is 0.0952. The number of aromatic nitrogens is 3. The van der Waals surface area contributed by atoms with Crippen LogP contribution in [0.5, 0.6) is 11.5 Å². The van der Waals surface area contributed by atoms with Crippen LogP contribution in [0.15, 0.2) is 64.4 Å². The maximum Gasteiger partial charge on any atom is 0.268 e. The minimum Gasteiger partial charge on any atom is -0.506 e. The molecule has 0 unspecified atom stereocenters. The Morgan fingerprint density at radius 3 is 2.83 bits per heavy atom. The Bertz CT molecular complexity index is 1290. The van der Waals surface area contributed by atoms with E-state index in [0.717, 1.165) is 0 Å². The average molecular weight is 393 g/mol. The zero-order chi connectivity index (χ0) is 20.5. The lowest BCUT2D eigenvalue weighted by Crippen LogP contribution is -2.22. The molecule has 0 bridgehead atoms. The molecule has 0 fully saturated rings. The topological polar surface area (TPSA) is 90.4 Å². The summed E-state index contributed by atoms with van der Waals surface area (Å²) in [6.07, 6.45) is 1.58. The van der Waals surface area contributed by atoms with E-state index in [-0.39, 0.29) is 35.3 Å². The third-order valence-electron chi connectivity index (χ3n) is 4.51. The molecule has 0 aliphatic carbocycles. The summed E-state index contributed by atoms with van der Waals surface area (Å²) >= 11 is 0. The van der Waals surface area contributed by atoms with E-state index in [1.165, 1.54) is 23.8 Å². The molecular formula is C21H16FN3O4. The predicted molar refractivity (Wildman–Crippen MR) is 105 cm³/mol. The van der Waals surface area contributed by atoms with Crippen molar-refractivity contribution in [2.45, 2.75) is 6.54 Å². The van der Waals surface area contributed by atoms with Crippen molar-refractivity contribution in [1.82, 2.24) is 14.7 Å². The number of aromatic hydroxyl groups is 1. The maximum atomic E-state index is 14.0. The zero-order valence-corrected chi connectivity index (χ0v) is 15.4. The Kier molecular flexibility index (Phi) is 4.59. The van der Waals surface area contributed by atoms with E-state index in [2.05, 4.69) is 16.7 Å². The monoisotopic (exact) mass is 393 g/mol. The largest absolute Gasteiger partial charge is 0.506 e. The average Bonchev–Trinajstić information content (AvgIpc) is 3.21. The normalized spacial score (nSPS) is 11.0. The van der Waals surface area contributed by atoms with Gasteiger partial charge in [0.2, 0.25) is 5.82 Å². The van der Waals surface area contributed by atoms with Crippen LogP contribution >= 0.6 is 0 Å². The Balaban J connectivity index is 1.89. The number of halogens is 1. The van der Waals surface area contributed by atoms with Crippen molar-refractivity contribution >= 4 is 10.9 Å². The minimum atomic E-state index is -0.585. The highest BCUT2D eigenvalue weighted by Gasteiger charge is 2.23. The Hall–Kier alpha value is -3.94. The fourth-order valence-electron chi connectivity index (χ4n) is 3.14. The van der Waals surface area contributed by atoms with Crippen molar-refractivity contribution in [3.8, 4) is 34.3 Å². The lowest BCUT2D eigenvalue weighted by molar-refractivity contribution is 0.386. The second kappa shape index (κ2) is 7.23. The summed E-state index contributed by atoms with van der Waals surface area (Å²) in [5.41, 5.74) is 0.260. The number of methoxy groups -OCH3 is 1. The van der Waals surface area contributed by atoms with E-state index >= 15 is 0 Å². The van der Waals surface area contributed by atoms with Crippen molar-refractivity contribution in [3.05, 3.63) is 71.3 Å². The van der Waals surface area contributed by atoms with Gasteiger partial charge in [0.05, 0.1) is 12.6 Å². The molecule has 0 saturated heterocycles. The number of ether oxygens (including phenoxy) is 1. The van der Waals surface area contributed by atoms with Crippen LogP contribution in [0.25, 0.3) is 33.7 Å². The van der Waals surface area contributed by atoms with E-state index in [4.69, 9.17) is 9.26 Å². The highest BCUT2D eigenvalue weighted by molar-refractivity contribution is 5.91. The van der Waals surface area contributed by atoms with Crippen molar-refractivity contribution in [2.75, 3.05) is 7.11 Å². The molecule has 2 aromatic carbocycles. The van der Waals surface area contributed by atoms with Crippen LogP contribution in [0.3, 0.4) is 0 Å². The number of fused-ring (bicyclic) bond motifs is 1. The van der Waals surface area contributed by atoms with Crippen LogP contribution in [0.4, 0.5) is 4.39 Å². The first-order valence-electron chi connectivity index (χ1n) is 8.68. The summed E-state index contributed by atoms with van der Waals surface area (Å²) in [7, 11) is 1.36. The summed E-state index contributed by atoms with van der Waals surface area (Å²) in [6, 6.07) is 11.1. The Morgan fingerprint density at radius 2 is 2.10 bits per heavy atom. The molecule has 2 aromatic heterocycles. The molecule has 8 heteroatoms. The third kappa shape index (κ3) is 3.04. The third-order valence-corrected chi connectivity index (χ3v) is 4.51. The lowest BCUT2D eigenvalue weighted by Gasteiger charge is -2.11. The van der Waals surface area contributed by atoms with Crippen LogP contribution in [0.2, 0.25) is 0 Å². The second-order valence-electron chi connectivity index (χ2n) is 6.22. The fourth-order valence-corrected chi connectivity index (χ4v) is 3.14. The number of benzene rings is 2. The molecule has 0 aliphatic rings. The molecule has 0 spiro atoms. The van der Waals surface area contributed by atoms with E-state index in [9.17, 15) is 14.3 Å². The SMILES string of the molecule is C=CCn1c(=O)c(-c2nc(-c3ccc(OC)c(F)c3)no2)c(O)c2ccccc21. The number of nitrogens with zero attached hydrogens (tertiary/aromatic N) is 3. The highest BCUT2D eigenvalue weighted by Crippen LogP contribution is 2.33. The Labute approximate surface area is 164 Å². The molecule has 4 aromatic rings. The van der Waals surface area contributed by atoms with Gasteiger partial charge in [0.15, 0.2) is 11.6 Å². The van der Waals surface area contributed by atoms with Gasteiger partial charge in [-0.05, 0) is 30.3 Å². The molecule has 0 saturated carbocycles. The van der Waals surface area contributed by atoms with Crippen molar-refractivity contribution in [3.63, 3.8) is 0 Å². The standard InChI is InChI=1S/C21H16FN3O4/c1-3-10-25-15-7-5-4-6-13(15)18(26)17(21(25)27)20-23-19(24-29-20)12-8-9-16(28-2)14(22)11-12/h3-9,11,26H,1,10H2,2H3. The zero-order valence-electron chi connectivity index (χ0n) is 15.4. The summed E-state index contributed by atoms with van der Waals surface area (Å²) in [5, 5.41) is 15.0. The Morgan fingerprint density at radius 1 is 1.31 bits per heavy atom. The molecule has 1 N–H and O–H groups in total. The highest BCUT2D eigenvalue weighted by atomic mass is 19.1. The van der Waals surface area contributed by atoms with Gasteiger partial charge in [-0.15, -0.1) is 6.58 Å². The summed E-state index contributed by atoms with van der Waals surface area (Å²) in [6.45, 7) is 3.91. The first kappa shape index (κ1) is 18.4. The van der Waals surface area contributed by atoms with Crippen LogP contribution in [-0.2, 0) is 6.54 Å². The van der Waals surface area contributed by atoms with Gasteiger partial charge in [0.1, 0.15) is 11.3 Å². The number of allylic oxidation sites excluding steroid dienone is 1. The first-order chi connectivity index (χ1) is 14.0. The number of pyridine rings is 1. The van der Waals surface area contributed by atoms with Crippen LogP contribution < -0.4 is 10.3 Å². The number of hydrogen-bond donors (Lipinski definition) is 1. The molecule has 0 aliphatic heterocycles. The molecule has 0 atom stereocenters. The number of hydrogen-bond acceptors (Lipinski definition) is 6. The first-order valence-corrected chi connectivity index (χ1v) is 8.68. The van der Waals surface area contributed by atoms with Crippen LogP contribution in [0, 0.1) is 5.82 Å². The van der Waals surface area contributed by atoms with Crippen molar-refractivity contribution in [2.24, 2.45) is 0 Å². The van der Waals surface area contributed by atoms with E-state index in [0.29, 0.717) is 16.5 Å². The molecule has 146 valence electrons. The maximum absolute atomic E-state index is 14.0. The van der Waals surface area contributed by atoms with Crippen molar-refractivity contribution < 1.29 is 18.8 Å². The molecule has 29 heavy (non-hydrogen) atoms. The second-order valence-corrected chi connectivity index (χ2v) is 6.22. The van der Waals surface area contributed by atoms with Gasteiger partial charge >= 0.3 is 0 Å². The van der Waals surface area contributed by atoms with Crippen LogP contribution in [0.1, 0.15) is 0 Å². The molecule has 2 heterocycles. The van der Waals surface area contributed by atoms with Gasteiger partial charge in [0.25, 0.3) is 11.4 Å². The summed E-state index contributed by atoms with van der Waals surface area (Å²) in [5.74, 6) is -0.858. The minimum absolute atomic E-state index is 0.0729. The number of para-hydroxylation sites is 1. The van der Waals surface area contributed by atoms with E-state index in [1.54, 1.807) is 36.4 Å². The van der Waals surface area contributed by atoms with Gasteiger partial charge in [-0.25, -0.2) is 4.39 Å². The lowest BCUT2D eigenvalue weighted by atomic mass is 10.1. The molecule has 4 rings (SSSR count). The molecule has 0 amide bonds. The molecule has 0 radical (unpaired) electrons. The van der Waals surface area contributed by atoms with Gasteiger partial charge in [-0.3, -0.25) is 4.79 Å². The summed E-state index contributed by atoms with van der Waals surface area (Å²) < 4.78 is 25.6. The van der Waals surface area contributed by atoms with E-state index < -0.39 is 11.4 Å². The quantitative estimate of drug-likeness (QED) is 0.519. The molecular weight excluding hydrogens is 377 g/mol. The van der Waals surface area contributed by atoms with Crippen molar-refractivity contribution in [1.29, 1.82) is 0 Å². The van der Waals surface area contributed by atoms with Gasteiger partial charge in [0, 0.05) is 17.5 Å². The molecule has 7 nitrogen and oxygen atoms in total. The number of rotatable bonds is 5.